The summed E-state index contributed by atoms with van der Waals surface area (Å²) in [5, 5.41) is 6.61. The number of halogens is 1. The molecule has 0 bridgehead atoms. The Bertz CT molecular complexity index is 724. The van der Waals surface area contributed by atoms with Crippen LogP contribution in [-0.2, 0) is 4.79 Å². The van der Waals surface area contributed by atoms with Gasteiger partial charge in [0.15, 0.2) is 0 Å². The molecule has 3 rings (SSSR count). The van der Waals surface area contributed by atoms with E-state index in [1.54, 1.807) is 6.07 Å². The average Bonchev–Trinajstić information content (AvgIpc) is 3.19. The fourth-order valence-corrected chi connectivity index (χ4v) is 3.44. The number of hydrogen-bond acceptors (Lipinski definition) is 4. The summed E-state index contributed by atoms with van der Waals surface area (Å²) < 4.78 is 0.854. The van der Waals surface area contributed by atoms with E-state index in [9.17, 15) is 9.59 Å². The summed E-state index contributed by atoms with van der Waals surface area (Å²) in [7, 11) is 0. The van der Waals surface area contributed by atoms with Crippen LogP contribution < -0.4 is 16.4 Å². The molecule has 5 nitrogen and oxygen atoms in total. The first-order chi connectivity index (χ1) is 10.1. The van der Waals surface area contributed by atoms with E-state index in [2.05, 4.69) is 10.6 Å². The Morgan fingerprint density at radius 1 is 1.38 bits per heavy atom. The van der Waals surface area contributed by atoms with Crippen LogP contribution in [0.4, 0.5) is 5.69 Å². The van der Waals surface area contributed by atoms with Crippen molar-refractivity contribution in [3.8, 4) is 0 Å². The predicted octanol–water partition coefficient (Wildman–Crippen LogP) is 2.15. The lowest BCUT2D eigenvalue weighted by molar-refractivity contribution is -0.120. The van der Waals surface area contributed by atoms with Gasteiger partial charge in [-0.1, -0.05) is 17.7 Å². The number of fused-ring (bicyclic) bond motifs is 1. The van der Waals surface area contributed by atoms with Crippen LogP contribution in [0.5, 0.6) is 0 Å². The first-order valence-electron chi connectivity index (χ1n) is 6.60. The number of nitrogens with one attached hydrogen (secondary N) is 2. The number of thiophene rings is 1. The van der Waals surface area contributed by atoms with E-state index in [1.165, 1.54) is 11.3 Å². The van der Waals surface area contributed by atoms with E-state index in [0.29, 0.717) is 21.0 Å². The van der Waals surface area contributed by atoms with Gasteiger partial charge >= 0.3 is 0 Å². The maximum absolute atomic E-state index is 12.1. The van der Waals surface area contributed by atoms with Crippen molar-refractivity contribution < 1.29 is 9.59 Å². The van der Waals surface area contributed by atoms with Crippen molar-refractivity contribution in [2.45, 2.75) is 18.9 Å². The number of rotatable bonds is 4. The van der Waals surface area contributed by atoms with Gasteiger partial charge in [0.25, 0.3) is 5.91 Å². The highest BCUT2D eigenvalue weighted by molar-refractivity contribution is 7.21. The highest BCUT2D eigenvalue weighted by Gasteiger charge is 2.24. The van der Waals surface area contributed by atoms with Crippen molar-refractivity contribution in [1.82, 2.24) is 10.6 Å². The molecule has 0 radical (unpaired) electrons. The molecule has 1 aliphatic rings. The molecule has 1 fully saturated rings. The molecule has 0 spiro atoms. The summed E-state index contributed by atoms with van der Waals surface area (Å²) in [5.74, 6) is -0.528. The van der Waals surface area contributed by atoms with Crippen LogP contribution in [0.25, 0.3) is 10.1 Å². The van der Waals surface area contributed by atoms with Crippen LogP contribution >= 0.6 is 22.9 Å². The normalized spacial score (nSPS) is 14.1. The first kappa shape index (κ1) is 14.2. The maximum atomic E-state index is 12.1. The summed E-state index contributed by atoms with van der Waals surface area (Å²) in [6, 6.07) is 5.68. The summed E-state index contributed by atoms with van der Waals surface area (Å²) in [6.45, 7) is -0.0449. The highest BCUT2D eigenvalue weighted by atomic mass is 35.5. The molecule has 1 saturated carbocycles. The molecule has 1 aromatic heterocycles. The van der Waals surface area contributed by atoms with Crippen LogP contribution in [0, 0.1) is 0 Å². The summed E-state index contributed by atoms with van der Waals surface area (Å²) in [4.78, 5) is 24.1. The molecule has 2 amide bonds. The maximum Gasteiger partial charge on any atom is 0.263 e. The molecule has 110 valence electrons. The number of benzene rings is 1. The molecule has 0 unspecified atom stereocenters. The van der Waals surface area contributed by atoms with Crippen LogP contribution in [0.2, 0.25) is 5.02 Å². The summed E-state index contributed by atoms with van der Waals surface area (Å²) in [5.41, 5.74) is 6.36. The molecule has 1 heterocycles. The lowest BCUT2D eigenvalue weighted by Gasteiger charge is -2.05. The van der Waals surface area contributed by atoms with Gasteiger partial charge in [-0.3, -0.25) is 9.59 Å². The van der Waals surface area contributed by atoms with Crippen molar-refractivity contribution in [3.63, 3.8) is 0 Å². The Balaban J connectivity index is 1.73. The van der Waals surface area contributed by atoms with E-state index in [1.807, 2.05) is 12.1 Å². The Morgan fingerprint density at radius 2 is 2.14 bits per heavy atom. The lowest BCUT2D eigenvalue weighted by Crippen LogP contribution is -2.37. The van der Waals surface area contributed by atoms with Gasteiger partial charge in [-0.2, -0.15) is 0 Å². The number of hydrogen-bond donors (Lipinski definition) is 3. The second-order valence-electron chi connectivity index (χ2n) is 4.98. The molecule has 1 aromatic carbocycles. The number of carbonyl (C=O) groups is 2. The molecular weight excluding hydrogens is 310 g/mol. The Labute approximate surface area is 130 Å². The Kier molecular flexibility index (Phi) is 3.73. The second kappa shape index (κ2) is 5.54. The number of anilines is 1. The Morgan fingerprint density at radius 3 is 2.81 bits per heavy atom. The SMILES string of the molecule is Nc1c(C(=O)NCC(=O)NC2CC2)sc2cccc(Cl)c12. The molecule has 2 aromatic rings. The lowest BCUT2D eigenvalue weighted by atomic mass is 10.2. The van der Waals surface area contributed by atoms with Crippen molar-refractivity contribution >= 4 is 50.5 Å². The standard InChI is InChI=1S/C14H14ClN3O2S/c15-8-2-1-3-9-11(8)12(16)13(21-9)14(20)17-6-10(19)18-7-4-5-7/h1-3,7H,4-6,16H2,(H,17,20)(H,18,19). The summed E-state index contributed by atoms with van der Waals surface area (Å²) >= 11 is 7.37. The monoisotopic (exact) mass is 323 g/mol. The first-order valence-corrected chi connectivity index (χ1v) is 7.79. The van der Waals surface area contributed by atoms with E-state index in [4.69, 9.17) is 17.3 Å². The minimum absolute atomic E-state index is 0.0449. The molecule has 4 N–H and O–H groups in total. The van der Waals surface area contributed by atoms with Crippen molar-refractivity contribution in [1.29, 1.82) is 0 Å². The van der Waals surface area contributed by atoms with Gasteiger partial charge in [0.1, 0.15) is 4.88 Å². The molecule has 0 atom stereocenters. The van der Waals surface area contributed by atoms with E-state index in [-0.39, 0.29) is 24.4 Å². The number of carbonyl (C=O) groups excluding carboxylic acids is 2. The van der Waals surface area contributed by atoms with Crippen LogP contribution in [-0.4, -0.2) is 24.4 Å². The minimum Gasteiger partial charge on any atom is -0.397 e. The van der Waals surface area contributed by atoms with Crippen molar-refractivity contribution in [2.75, 3.05) is 12.3 Å². The smallest absolute Gasteiger partial charge is 0.263 e. The van der Waals surface area contributed by atoms with Crippen molar-refractivity contribution in [3.05, 3.63) is 28.1 Å². The van der Waals surface area contributed by atoms with Gasteiger partial charge in [0, 0.05) is 16.1 Å². The van der Waals surface area contributed by atoms with Crippen LogP contribution in [0.3, 0.4) is 0 Å². The van der Waals surface area contributed by atoms with Gasteiger partial charge < -0.3 is 16.4 Å². The van der Waals surface area contributed by atoms with E-state index >= 15 is 0 Å². The van der Waals surface area contributed by atoms with E-state index in [0.717, 1.165) is 17.5 Å². The van der Waals surface area contributed by atoms with Gasteiger partial charge in [-0.05, 0) is 25.0 Å². The number of amides is 2. The molecule has 7 heteroatoms. The zero-order chi connectivity index (χ0) is 15.0. The minimum atomic E-state index is -0.351. The predicted molar refractivity (Wildman–Crippen MR) is 84.7 cm³/mol. The third-order valence-electron chi connectivity index (χ3n) is 3.26. The zero-order valence-electron chi connectivity index (χ0n) is 11.1. The fourth-order valence-electron chi connectivity index (χ4n) is 2.05. The molecule has 0 aliphatic heterocycles. The quantitative estimate of drug-likeness (QED) is 0.806. The highest BCUT2D eigenvalue weighted by Crippen LogP contribution is 2.37. The third-order valence-corrected chi connectivity index (χ3v) is 4.74. The largest absolute Gasteiger partial charge is 0.397 e. The number of nitrogen functional groups attached to an aromatic ring is 1. The van der Waals surface area contributed by atoms with Gasteiger partial charge in [0.2, 0.25) is 5.91 Å². The fraction of sp³-hybridized carbons (Fsp3) is 0.286. The topological polar surface area (TPSA) is 84.2 Å². The van der Waals surface area contributed by atoms with Gasteiger partial charge in [0.05, 0.1) is 17.3 Å². The van der Waals surface area contributed by atoms with Gasteiger partial charge in [-0.25, -0.2) is 0 Å². The van der Waals surface area contributed by atoms with Crippen LogP contribution in [0.15, 0.2) is 18.2 Å². The number of nitrogens with two attached hydrogens (primary N) is 1. The van der Waals surface area contributed by atoms with Crippen molar-refractivity contribution in [2.24, 2.45) is 0 Å². The third kappa shape index (κ3) is 2.96. The second-order valence-corrected chi connectivity index (χ2v) is 6.44. The van der Waals surface area contributed by atoms with Gasteiger partial charge in [-0.15, -0.1) is 11.3 Å². The van der Waals surface area contributed by atoms with Crippen LogP contribution in [0.1, 0.15) is 22.5 Å². The Hall–Kier alpha value is -1.79. The molecular formula is C14H14ClN3O2S. The molecule has 21 heavy (non-hydrogen) atoms. The summed E-state index contributed by atoms with van der Waals surface area (Å²) in [6.07, 6.45) is 2.03. The molecule has 0 saturated heterocycles. The van der Waals surface area contributed by atoms with E-state index < -0.39 is 0 Å². The zero-order valence-corrected chi connectivity index (χ0v) is 12.7. The molecule has 1 aliphatic carbocycles. The average molecular weight is 324 g/mol.